The van der Waals surface area contributed by atoms with E-state index in [-0.39, 0.29) is 0 Å². The molecule has 2 aromatic heterocycles. The number of hydrogen-bond donors (Lipinski definition) is 2. The molecular weight excluding hydrogens is 328 g/mol. The van der Waals surface area contributed by atoms with Crippen LogP contribution in [-0.2, 0) is 4.79 Å². The minimum Gasteiger partial charge on any atom is -0.366 e. The van der Waals surface area contributed by atoms with Gasteiger partial charge in [-0.15, -0.1) is 5.10 Å². The van der Waals surface area contributed by atoms with Crippen molar-refractivity contribution in [2.45, 2.75) is 19.9 Å². The number of nitrogens with zero attached hydrogens (tertiary/aromatic N) is 4. The highest BCUT2D eigenvalue weighted by Gasteiger charge is 2.33. The minimum absolute atomic E-state index is 0.446. The van der Waals surface area contributed by atoms with Crippen molar-refractivity contribution in [2.75, 3.05) is 5.32 Å². The Hall–Kier alpha value is -3.48. The molecule has 1 aromatic carbocycles. The van der Waals surface area contributed by atoms with E-state index >= 15 is 0 Å². The fourth-order valence-corrected chi connectivity index (χ4v) is 3.23. The summed E-state index contributed by atoms with van der Waals surface area (Å²) in [5.74, 6) is 0.676. The van der Waals surface area contributed by atoms with Crippen LogP contribution in [-0.4, -0.2) is 25.7 Å². The van der Waals surface area contributed by atoms with E-state index in [9.17, 15) is 4.79 Å². The number of rotatable bonds is 3. The first-order chi connectivity index (χ1) is 12.5. The van der Waals surface area contributed by atoms with Crippen molar-refractivity contribution in [1.29, 1.82) is 0 Å². The molecule has 4 rings (SSSR count). The fraction of sp³-hybridized carbons (Fsp3) is 0.158. The smallest absolute Gasteiger partial charge is 0.248 e. The number of aromatic nitrogens is 4. The SMILES string of the molecule is CC1=C(C(N)=O)C(c2ccncc2)n2nc(-c3cccc(C)c3)nc2N1. The number of carbonyl (C=O) groups is 1. The fourth-order valence-electron chi connectivity index (χ4n) is 3.23. The van der Waals surface area contributed by atoms with Gasteiger partial charge in [-0.2, -0.15) is 4.98 Å². The number of nitrogens with one attached hydrogen (secondary N) is 1. The van der Waals surface area contributed by atoms with E-state index in [2.05, 4.69) is 20.4 Å². The molecule has 0 saturated heterocycles. The Labute approximate surface area is 150 Å². The van der Waals surface area contributed by atoms with Crippen LogP contribution in [0.2, 0.25) is 0 Å². The number of amides is 1. The maximum Gasteiger partial charge on any atom is 0.248 e. The molecule has 1 unspecified atom stereocenters. The number of carbonyl (C=O) groups excluding carboxylic acids is 1. The van der Waals surface area contributed by atoms with Gasteiger partial charge in [0, 0.05) is 23.7 Å². The summed E-state index contributed by atoms with van der Waals surface area (Å²) >= 11 is 0. The number of primary amides is 1. The van der Waals surface area contributed by atoms with E-state index in [0.717, 1.165) is 16.7 Å². The molecule has 3 heterocycles. The maximum atomic E-state index is 12.1. The van der Waals surface area contributed by atoms with Gasteiger partial charge in [0.2, 0.25) is 11.9 Å². The van der Waals surface area contributed by atoms with Gasteiger partial charge >= 0.3 is 0 Å². The topological polar surface area (TPSA) is 98.7 Å². The molecule has 7 heteroatoms. The molecule has 0 radical (unpaired) electrons. The number of nitrogens with two attached hydrogens (primary N) is 1. The van der Waals surface area contributed by atoms with Gasteiger partial charge in [-0.3, -0.25) is 9.78 Å². The second-order valence-electron chi connectivity index (χ2n) is 6.28. The Bertz CT molecular complexity index is 1020. The molecule has 0 aliphatic carbocycles. The van der Waals surface area contributed by atoms with Gasteiger partial charge in [0.15, 0.2) is 5.82 Å². The molecule has 1 atom stereocenters. The summed E-state index contributed by atoms with van der Waals surface area (Å²) in [4.78, 5) is 20.8. The summed E-state index contributed by atoms with van der Waals surface area (Å²) in [7, 11) is 0. The Balaban J connectivity index is 1.89. The largest absolute Gasteiger partial charge is 0.366 e. The van der Waals surface area contributed by atoms with E-state index in [1.165, 1.54) is 0 Å². The van der Waals surface area contributed by atoms with Crippen molar-refractivity contribution in [3.05, 3.63) is 71.2 Å². The molecule has 0 spiro atoms. The maximum absolute atomic E-state index is 12.1. The van der Waals surface area contributed by atoms with Crippen molar-refractivity contribution >= 4 is 11.9 Å². The van der Waals surface area contributed by atoms with Crippen LogP contribution in [0.15, 0.2) is 60.1 Å². The normalized spacial score (nSPS) is 16.2. The second-order valence-corrected chi connectivity index (χ2v) is 6.28. The average Bonchev–Trinajstić information content (AvgIpc) is 3.04. The van der Waals surface area contributed by atoms with Crippen LogP contribution in [0, 0.1) is 6.92 Å². The molecular formula is C19H18N6O. The van der Waals surface area contributed by atoms with Gasteiger partial charge in [0.25, 0.3) is 0 Å². The van der Waals surface area contributed by atoms with Gasteiger partial charge in [-0.1, -0.05) is 23.8 Å². The van der Waals surface area contributed by atoms with Gasteiger partial charge in [-0.05, 0) is 37.6 Å². The summed E-state index contributed by atoms with van der Waals surface area (Å²) in [5, 5.41) is 7.82. The Morgan fingerprint density at radius 1 is 1.19 bits per heavy atom. The van der Waals surface area contributed by atoms with Crippen molar-refractivity contribution in [2.24, 2.45) is 5.73 Å². The Morgan fingerprint density at radius 2 is 1.96 bits per heavy atom. The lowest BCUT2D eigenvalue weighted by Crippen LogP contribution is -2.31. The molecule has 1 aliphatic rings. The number of fused-ring (bicyclic) bond motifs is 1. The predicted molar refractivity (Wildman–Crippen MR) is 98.1 cm³/mol. The van der Waals surface area contributed by atoms with E-state index in [4.69, 9.17) is 5.73 Å². The van der Waals surface area contributed by atoms with Crippen molar-refractivity contribution in [3.63, 3.8) is 0 Å². The summed E-state index contributed by atoms with van der Waals surface area (Å²) in [6, 6.07) is 11.2. The van der Waals surface area contributed by atoms with Crippen LogP contribution in [0.1, 0.15) is 24.1 Å². The minimum atomic E-state index is -0.491. The Morgan fingerprint density at radius 3 is 2.65 bits per heavy atom. The zero-order valence-electron chi connectivity index (χ0n) is 14.5. The lowest BCUT2D eigenvalue weighted by molar-refractivity contribution is -0.115. The van der Waals surface area contributed by atoms with Crippen LogP contribution in [0.5, 0.6) is 0 Å². The number of aryl methyl sites for hydroxylation is 1. The zero-order valence-corrected chi connectivity index (χ0v) is 14.5. The van der Waals surface area contributed by atoms with E-state index in [0.29, 0.717) is 23.0 Å². The third-order valence-electron chi connectivity index (χ3n) is 4.42. The zero-order chi connectivity index (χ0) is 18.3. The van der Waals surface area contributed by atoms with Crippen molar-refractivity contribution in [3.8, 4) is 11.4 Å². The van der Waals surface area contributed by atoms with Gasteiger partial charge < -0.3 is 11.1 Å². The third-order valence-corrected chi connectivity index (χ3v) is 4.42. The van der Waals surface area contributed by atoms with E-state index < -0.39 is 11.9 Å². The van der Waals surface area contributed by atoms with Gasteiger partial charge in [0.1, 0.15) is 6.04 Å². The van der Waals surface area contributed by atoms with Crippen LogP contribution in [0.25, 0.3) is 11.4 Å². The monoisotopic (exact) mass is 346 g/mol. The lowest BCUT2D eigenvalue weighted by Gasteiger charge is -2.27. The molecule has 7 nitrogen and oxygen atoms in total. The third kappa shape index (κ3) is 2.63. The summed E-state index contributed by atoms with van der Waals surface area (Å²) < 4.78 is 1.71. The molecule has 1 amide bonds. The second kappa shape index (κ2) is 6.11. The van der Waals surface area contributed by atoms with Gasteiger partial charge in [0.05, 0.1) is 5.57 Å². The summed E-state index contributed by atoms with van der Waals surface area (Å²) in [5.41, 5.74) is 9.72. The lowest BCUT2D eigenvalue weighted by atomic mass is 9.96. The van der Waals surface area contributed by atoms with Gasteiger partial charge in [-0.25, -0.2) is 4.68 Å². The molecule has 3 N–H and O–H groups in total. The van der Waals surface area contributed by atoms with Crippen molar-refractivity contribution in [1.82, 2.24) is 19.7 Å². The highest BCUT2D eigenvalue weighted by molar-refractivity contribution is 5.95. The first-order valence-corrected chi connectivity index (χ1v) is 8.25. The predicted octanol–water partition coefficient (Wildman–Crippen LogP) is 2.42. The summed E-state index contributed by atoms with van der Waals surface area (Å²) in [6.45, 7) is 3.84. The standard InChI is InChI=1S/C19H18N6O/c1-11-4-3-5-14(10-11)18-23-19-22-12(2)15(17(20)26)16(25(19)24-18)13-6-8-21-9-7-13/h3-10,16H,1-2H3,(H2,20,26)(H,22,23,24). The summed E-state index contributed by atoms with van der Waals surface area (Å²) in [6.07, 6.45) is 3.37. The number of hydrogen-bond acceptors (Lipinski definition) is 5. The van der Waals surface area contributed by atoms with E-state index in [1.54, 1.807) is 17.1 Å². The number of allylic oxidation sites excluding steroid dienone is 1. The molecule has 0 fully saturated rings. The number of benzene rings is 1. The molecule has 3 aromatic rings. The quantitative estimate of drug-likeness (QED) is 0.759. The Kier molecular flexibility index (Phi) is 3.76. The number of pyridine rings is 1. The highest BCUT2D eigenvalue weighted by Crippen LogP contribution is 2.35. The van der Waals surface area contributed by atoms with Crippen LogP contribution < -0.4 is 11.1 Å². The molecule has 0 saturated carbocycles. The first kappa shape index (κ1) is 16.0. The number of anilines is 1. The first-order valence-electron chi connectivity index (χ1n) is 8.25. The van der Waals surface area contributed by atoms with E-state index in [1.807, 2.05) is 50.2 Å². The highest BCUT2D eigenvalue weighted by atomic mass is 16.1. The molecule has 0 bridgehead atoms. The van der Waals surface area contributed by atoms with Crippen LogP contribution in [0.3, 0.4) is 0 Å². The van der Waals surface area contributed by atoms with Crippen LogP contribution >= 0.6 is 0 Å². The molecule has 26 heavy (non-hydrogen) atoms. The van der Waals surface area contributed by atoms with Crippen LogP contribution in [0.4, 0.5) is 5.95 Å². The molecule has 1 aliphatic heterocycles. The average molecular weight is 346 g/mol. The molecule has 130 valence electrons. The van der Waals surface area contributed by atoms with Crippen molar-refractivity contribution < 1.29 is 4.79 Å².